The van der Waals surface area contributed by atoms with Gasteiger partial charge in [-0.15, -0.1) is 0 Å². The molecule has 1 amide bonds. The molecule has 0 saturated carbocycles. The van der Waals surface area contributed by atoms with Gasteiger partial charge in [-0.25, -0.2) is 9.46 Å². The Kier molecular flexibility index (Phi) is 14.7. The normalized spacial score (nSPS) is 20.1. The predicted octanol–water partition coefficient (Wildman–Crippen LogP) is 8.24. The molecule has 5 aromatic rings. The molecule has 1 aromatic heterocycles. The van der Waals surface area contributed by atoms with E-state index < -0.39 is 49.8 Å². The van der Waals surface area contributed by atoms with Crippen molar-refractivity contribution in [2.24, 2.45) is 0 Å². The Hall–Kier alpha value is -5.49. The summed E-state index contributed by atoms with van der Waals surface area (Å²) in [5.41, 5.74) is -0.153. The maximum atomic E-state index is 14.0. The Balaban J connectivity index is 1.33. The summed E-state index contributed by atoms with van der Waals surface area (Å²) < 4.78 is 49.5. The van der Waals surface area contributed by atoms with Crippen molar-refractivity contribution in [1.82, 2.24) is 14.2 Å². The smallest absolute Gasteiger partial charge is 0.351 e. The highest BCUT2D eigenvalue weighted by molar-refractivity contribution is 7.44. The number of amides is 1. The number of benzene rings is 4. The molecule has 2 saturated heterocycles. The lowest BCUT2D eigenvalue weighted by molar-refractivity contribution is -0.168. The lowest BCUT2D eigenvalue weighted by Crippen LogP contribution is -2.54. The van der Waals surface area contributed by atoms with Gasteiger partial charge in [-0.1, -0.05) is 72.8 Å². The second-order valence-electron chi connectivity index (χ2n) is 15.8. The van der Waals surface area contributed by atoms with Crippen molar-refractivity contribution in [3.63, 3.8) is 0 Å². The number of carbonyl (C=O) groups excluding carboxylic acids is 1. The predicted molar refractivity (Wildman–Crippen MR) is 238 cm³/mol. The summed E-state index contributed by atoms with van der Waals surface area (Å²) in [6, 6.07) is 37.9. The van der Waals surface area contributed by atoms with Gasteiger partial charge in [-0.2, -0.15) is 10.2 Å². The topological polar surface area (TPSA) is 156 Å². The van der Waals surface area contributed by atoms with E-state index in [1.54, 1.807) is 50.7 Å². The number of ether oxygens (including phenoxy) is 5. The monoisotopic (exact) mass is 875 g/mol. The second kappa shape index (κ2) is 20.3. The standard InChI is InChI=1S/C48H54N5O9P/c1-33(2)53(34(3)4)63(60-30-13-28-49)62-43-42-45(52-29-26-41(51-46(52)55)50-44(54)35-14-9-7-10-15-35)61-47(43,27-31-58-42)32-59-48(36-16-11-8-12-17-36,37-18-22-39(56-5)23-19-37)38-20-24-40(57-6)25-21-38/h7-12,14-26,29,33-34,42-43,45H,13,27,30-32H2,1-6H3,(H,50,51,54,55)/t42-,43+,45-,47-,63?/m1/s1. The number of hydrogen-bond acceptors (Lipinski definition) is 12. The SMILES string of the molecule is COc1ccc(C(OC[C@@]23CCO[C@@H]([C@H](n4ccc(NC(=O)c5ccccc5)nc4=O)O2)[C@@H]3OP(OCCC#N)N(C(C)C)C(C)C)(c2ccccc2)c2ccc(OC)cc2)cc1. The first-order valence-electron chi connectivity index (χ1n) is 21.0. The molecule has 0 aliphatic carbocycles. The van der Waals surface area contributed by atoms with E-state index in [-0.39, 0.29) is 44.1 Å². The minimum absolute atomic E-state index is 0.00519. The Labute approximate surface area is 369 Å². The van der Waals surface area contributed by atoms with Crippen LogP contribution in [0, 0.1) is 11.3 Å². The van der Waals surface area contributed by atoms with Crippen LogP contribution in [0.15, 0.2) is 126 Å². The van der Waals surface area contributed by atoms with E-state index in [2.05, 4.69) is 48.7 Å². The fraction of sp³-hybridized carbons (Fsp3) is 0.375. The van der Waals surface area contributed by atoms with Gasteiger partial charge >= 0.3 is 5.69 Å². The minimum Gasteiger partial charge on any atom is -0.497 e. The average Bonchev–Trinajstić information content (AvgIpc) is 3.45. The molecule has 2 aliphatic rings. The van der Waals surface area contributed by atoms with Gasteiger partial charge in [0.05, 0.1) is 46.5 Å². The number of carbonyl (C=O) groups is 1. The Morgan fingerprint density at radius 2 is 1.49 bits per heavy atom. The van der Waals surface area contributed by atoms with Crippen LogP contribution >= 0.6 is 8.53 Å². The van der Waals surface area contributed by atoms with Crippen LogP contribution < -0.4 is 20.5 Å². The molecule has 15 heteroatoms. The third-order valence-corrected chi connectivity index (χ3v) is 13.4. The van der Waals surface area contributed by atoms with E-state index in [1.165, 1.54) is 4.57 Å². The van der Waals surface area contributed by atoms with Gasteiger partial charge in [0.2, 0.25) is 0 Å². The summed E-state index contributed by atoms with van der Waals surface area (Å²) in [6.45, 7) is 8.66. The zero-order valence-electron chi connectivity index (χ0n) is 36.4. The van der Waals surface area contributed by atoms with Crippen LogP contribution in [-0.2, 0) is 28.9 Å². The highest BCUT2D eigenvalue weighted by Gasteiger charge is 2.62. The van der Waals surface area contributed by atoms with Crippen molar-refractivity contribution < 1.29 is 37.5 Å². The van der Waals surface area contributed by atoms with Crippen molar-refractivity contribution in [3.05, 3.63) is 154 Å². The first-order valence-corrected chi connectivity index (χ1v) is 22.1. The number of anilines is 1. The van der Waals surface area contributed by atoms with Gasteiger partial charge in [0, 0.05) is 30.3 Å². The lowest BCUT2D eigenvalue weighted by Gasteiger charge is -2.45. The molecule has 14 nitrogen and oxygen atoms in total. The summed E-state index contributed by atoms with van der Waals surface area (Å²) >= 11 is 0. The van der Waals surface area contributed by atoms with Gasteiger partial charge in [-0.3, -0.25) is 9.36 Å². The molecule has 2 bridgehead atoms. The second-order valence-corrected chi connectivity index (χ2v) is 17.3. The molecule has 5 atom stereocenters. The molecule has 63 heavy (non-hydrogen) atoms. The van der Waals surface area contributed by atoms with Crippen LogP contribution in [-0.4, -0.2) is 84.1 Å². The maximum absolute atomic E-state index is 14.0. The van der Waals surface area contributed by atoms with Gasteiger partial charge in [0.1, 0.15) is 40.7 Å². The van der Waals surface area contributed by atoms with E-state index >= 15 is 0 Å². The highest BCUT2D eigenvalue weighted by atomic mass is 31.2. The fourth-order valence-electron chi connectivity index (χ4n) is 8.27. The van der Waals surface area contributed by atoms with E-state index in [0.29, 0.717) is 23.5 Å². The van der Waals surface area contributed by atoms with E-state index in [1.807, 2.05) is 84.9 Å². The number of rotatable bonds is 19. The van der Waals surface area contributed by atoms with Crippen LogP contribution in [0.25, 0.3) is 0 Å². The Bertz CT molecular complexity index is 2320. The van der Waals surface area contributed by atoms with Crippen molar-refractivity contribution in [3.8, 4) is 17.6 Å². The molecule has 2 aliphatic heterocycles. The van der Waals surface area contributed by atoms with Gasteiger partial charge in [0.15, 0.2) is 6.23 Å². The van der Waals surface area contributed by atoms with Crippen LogP contribution in [0.2, 0.25) is 0 Å². The molecule has 0 radical (unpaired) electrons. The van der Waals surface area contributed by atoms with Crippen LogP contribution in [0.5, 0.6) is 11.5 Å². The highest BCUT2D eigenvalue weighted by Crippen LogP contribution is 2.56. The number of aromatic nitrogens is 2. The zero-order chi connectivity index (χ0) is 44.6. The molecule has 0 spiro atoms. The average molecular weight is 876 g/mol. The van der Waals surface area contributed by atoms with Crippen LogP contribution in [0.1, 0.15) is 73.8 Å². The van der Waals surface area contributed by atoms with Crippen molar-refractivity contribution >= 4 is 20.3 Å². The van der Waals surface area contributed by atoms with Gasteiger partial charge in [0.25, 0.3) is 14.4 Å². The minimum atomic E-state index is -1.81. The van der Waals surface area contributed by atoms with Gasteiger partial charge < -0.3 is 38.0 Å². The third-order valence-electron chi connectivity index (χ3n) is 11.2. The van der Waals surface area contributed by atoms with Crippen LogP contribution in [0.4, 0.5) is 5.82 Å². The molecule has 330 valence electrons. The lowest BCUT2D eigenvalue weighted by atomic mass is 9.79. The zero-order valence-corrected chi connectivity index (χ0v) is 37.3. The van der Waals surface area contributed by atoms with Gasteiger partial charge in [-0.05, 0) is 86.8 Å². The molecule has 7 rings (SSSR count). The molecule has 4 aromatic carbocycles. The number of nitrogens with one attached hydrogen (secondary N) is 1. The first-order chi connectivity index (χ1) is 30.5. The Morgan fingerprint density at radius 3 is 2.05 bits per heavy atom. The quantitative estimate of drug-likeness (QED) is 0.0483. The molecular formula is C48H54N5O9P. The van der Waals surface area contributed by atoms with Crippen molar-refractivity contribution in [2.75, 3.05) is 39.4 Å². The van der Waals surface area contributed by atoms with E-state index in [0.717, 1.165) is 16.7 Å². The molecule has 1 N–H and O–H groups in total. The van der Waals surface area contributed by atoms with Crippen molar-refractivity contribution in [2.45, 2.75) is 82.3 Å². The Morgan fingerprint density at radius 1 is 0.905 bits per heavy atom. The fourth-order valence-corrected chi connectivity index (χ4v) is 10.1. The number of hydrogen-bond donors (Lipinski definition) is 1. The van der Waals surface area contributed by atoms with Crippen LogP contribution in [0.3, 0.4) is 0 Å². The summed E-state index contributed by atoms with van der Waals surface area (Å²) in [4.78, 5) is 31.3. The largest absolute Gasteiger partial charge is 0.497 e. The maximum Gasteiger partial charge on any atom is 0.351 e. The summed E-state index contributed by atoms with van der Waals surface area (Å²) in [6.07, 6.45) is -0.643. The summed E-state index contributed by atoms with van der Waals surface area (Å²) in [5, 5.41) is 12.2. The van der Waals surface area contributed by atoms with E-state index in [9.17, 15) is 14.9 Å². The molecule has 3 heterocycles. The van der Waals surface area contributed by atoms with E-state index in [4.69, 9.17) is 32.7 Å². The van der Waals surface area contributed by atoms with Crippen molar-refractivity contribution in [1.29, 1.82) is 5.26 Å². The first kappa shape index (κ1) is 45.5. The third kappa shape index (κ3) is 9.71. The summed E-state index contributed by atoms with van der Waals surface area (Å²) in [7, 11) is 1.44. The number of methoxy groups -OCH3 is 2. The number of nitriles is 1. The number of fused-ring (bicyclic) bond motifs is 2. The molecular weight excluding hydrogens is 822 g/mol. The number of nitrogens with zero attached hydrogens (tertiary/aromatic N) is 4. The molecule has 1 unspecified atom stereocenters. The summed E-state index contributed by atoms with van der Waals surface area (Å²) in [5.74, 6) is 1.06. The molecule has 2 fully saturated rings.